The Morgan fingerprint density at radius 3 is 2.25 bits per heavy atom. The molecule has 0 radical (unpaired) electrons. The maximum atomic E-state index is 6.41. The molecule has 1 aromatic rings. The van der Waals surface area contributed by atoms with E-state index in [4.69, 9.17) is 11.6 Å². The summed E-state index contributed by atoms with van der Waals surface area (Å²) >= 11 is 6.41. The Hall–Kier alpha value is -0.690. The Balaban J connectivity index is 2.14. The Labute approximate surface area is 103 Å². The van der Waals surface area contributed by atoms with Crippen molar-refractivity contribution in [2.75, 3.05) is 19.0 Å². The summed E-state index contributed by atoms with van der Waals surface area (Å²) in [5.41, 5.74) is 2.66. The highest BCUT2D eigenvalue weighted by molar-refractivity contribution is 6.21. The molecule has 2 rings (SSSR count). The minimum Gasteiger partial charge on any atom is -0.378 e. The second-order valence-electron chi connectivity index (χ2n) is 4.89. The van der Waals surface area contributed by atoms with Crippen LogP contribution in [-0.2, 0) is 0 Å². The van der Waals surface area contributed by atoms with Crippen molar-refractivity contribution in [1.82, 2.24) is 0 Å². The first-order valence-electron chi connectivity index (χ1n) is 6.10. The Kier molecular flexibility index (Phi) is 3.75. The van der Waals surface area contributed by atoms with Crippen LogP contribution in [0, 0.1) is 0 Å². The summed E-state index contributed by atoms with van der Waals surface area (Å²) in [6, 6.07) is 8.85. The summed E-state index contributed by atoms with van der Waals surface area (Å²) in [4.78, 5) is 2.13. The number of alkyl halides is 1. The average Bonchev–Trinajstić information content (AvgIpc) is 2.30. The first-order chi connectivity index (χ1) is 7.68. The Morgan fingerprint density at radius 2 is 1.69 bits per heavy atom. The van der Waals surface area contributed by atoms with Crippen LogP contribution in [0.25, 0.3) is 0 Å². The van der Waals surface area contributed by atoms with Crippen LogP contribution in [0.4, 0.5) is 5.69 Å². The van der Waals surface area contributed by atoms with Crippen molar-refractivity contribution in [2.24, 2.45) is 0 Å². The summed E-state index contributed by atoms with van der Waals surface area (Å²) in [6.45, 7) is 0. The number of rotatable bonds is 2. The molecule has 1 nitrogen and oxygen atoms in total. The van der Waals surface area contributed by atoms with Gasteiger partial charge in [-0.1, -0.05) is 25.0 Å². The number of hydrogen-bond donors (Lipinski definition) is 0. The van der Waals surface area contributed by atoms with Gasteiger partial charge in [-0.3, -0.25) is 0 Å². The normalized spacial score (nSPS) is 25.4. The van der Waals surface area contributed by atoms with Crippen LogP contribution < -0.4 is 4.90 Å². The van der Waals surface area contributed by atoms with Crippen LogP contribution >= 0.6 is 11.6 Å². The zero-order chi connectivity index (χ0) is 11.5. The largest absolute Gasteiger partial charge is 0.378 e. The van der Waals surface area contributed by atoms with Gasteiger partial charge in [-0.15, -0.1) is 11.6 Å². The van der Waals surface area contributed by atoms with Crippen molar-refractivity contribution in [3.8, 4) is 0 Å². The zero-order valence-electron chi connectivity index (χ0n) is 10.1. The second kappa shape index (κ2) is 5.09. The van der Waals surface area contributed by atoms with Gasteiger partial charge in [0, 0.05) is 31.1 Å². The molecule has 0 heterocycles. The van der Waals surface area contributed by atoms with Crippen LogP contribution in [0.2, 0.25) is 0 Å². The van der Waals surface area contributed by atoms with Gasteiger partial charge in [-0.2, -0.15) is 0 Å². The quantitative estimate of drug-likeness (QED) is 0.703. The summed E-state index contributed by atoms with van der Waals surface area (Å²) < 4.78 is 0. The minimum atomic E-state index is 0.332. The molecule has 1 saturated carbocycles. The third-order valence-corrected chi connectivity index (χ3v) is 4.04. The van der Waals surface area contributed by atoms with Gasteiger partial charge in [0.05, 0.1) is 0 Å². The number of anilines is 1. The van der Waals surface area contributed by atoms with Gasteiger partial charge in [0.25, 0.3) is 0 Å². The van der Waals surface area contributed by atoms with Crippen LogP contribution in [0.3, 0.4) is 0 Å². The molecule has 2 atom stereocenters. The van der Waals surface area contributed by atoms with E-state index in [1.807, 2.05) is 0 Å². The fourth-order valence-corrected chi connectivity index (χ4v) is 2.91. The predicted molar refractivity (Wildman–Crippen MR) is 71.6 cm³/mol. The van der Waals surface area contributed by atoms with Gasteiger partial charge in [0.1, 0.15) is 0 Å². The standard InChI is InChI=1S/C14H20ClN/c1-16(2)12-9-7-11(8-10-12)13-5-3-4-6-14(13)15/h7-10,13-14H,3-6H2,1-2H3/t13-,14+/m1/s1. The van der Waals surface area contributed by atoms with Crippen molar-refractivity contribution in [1.29, 1.82) is 0 Å². The third-order valence-electron chi connectivity index (χ3n) is 3.52. The van der Waals surface area contributed by atoms with Crippen LogP contribution in [0.5, 0.6) is 0 Å². The topological polar surface area (TPSA) is 3.24 Å². The molecule has 0 N–H and O–H groups in total. The molecule has 16 heavy (non-hydrogen) atoms. The number of benzene rings is 1. The van der Waals surface area contributed by atoms with Gasteiger partial charge in [-0.25, -0.2) is 0 Å². The smallest absolute Gasteiger partial charge is 0.0404 e. The van der Waals surface area contributed by atoms with E-state index < -0.39 is 0 Å². The molecule has 1 fully saturated rings. The molecule has 0 bridgehead atoms. The minimum absolute atomic E-state index is 0.332. The summed E-state index contributed by atoms with van der Waals surface area (Å²) in [5, 5.41) is 0.332. The van der Waals surface area contributed by atoms with Crippen LogP contribution in [0.15, 0.2) is 24.3 Å². The SMILES string of the molecule is CN(C)c1ccc([C@H]2CCCC[C@@H]2Cl)cc1. The maximum absolute atomic E-state index is 6.41. The highest BCUT2D eigenvalue weighted by Gasteiger charge is 2.24. The van der Waals surface area contributed by atoms with E-state index in [0.29, 0.717) is 11.3 Å². The first kappa shape index (κ1) is 11.8. The van der Waals surface area contributed by atoms with Crippen molar-refractivity contribution >= 4 is 17.3 Å². The van der Waals surface area contributed by atoms with Crippen molar-refractivity contribution < 1.29 is 0 Å². The van der Waals surface area contributed by atoms with Crippen LogP contribution in [-0.4, -0.2) is 19.5 Å². The molecule has 0 aromatic heterocycles. The van der Waals surface area contributed by atoms with E-state index in [1.54, 1.807) is 0 Å². The molecule has 0 unspecified atom stereocenters. The monoisotopic (exact) mass is 237 g/mol. The van der Waals surface area contributed by atoms with Gasteiger partial charge >= 0.3 is 0 Å². The van der Waals surface area contributed by atoms with E-state index >= 15 is 0 Å². The molecule has 1 aromatic carbocycles. The number of halogens is 1. The molecule has 0 spiro atoms. The van der Waals surface area contributed by atoms with Crippen LogP contribution in [0.1, 0.15) is 37.2 Å². The Bertz CT molecular complexity index is 331. The molecule has 1 aliphatic rings. The van der Waals surface area contributed by atoms with Gasteiger partial charge < -0.3 is 4.90 Å². The summed E-state index contributed by atoms with van der Waals surface area (Å²) in [6.07, 6.45) is 5.03. The van der Waals surface area contributed by atoms with E-state index in [2.05, 4.69) is 43.3 Å². The van der Waals surface area contributed by atoms with E-state index in [-0.39, 0.29) is 0 Å². The molecule has 88 valence electrons. The van der Waals surface area contributed by atoms with E-state index in [0.717, 1.165) is 0 Å². The number of hydrogen-bond acceptors (Lipinski definition) is 1. The molecular formula is C14H20ClN. The zero-order valence-corrected chi connectivity index (χ0v) is 10.9. The molecule has 0 saturated heterocycles. The fourth-order valence-electron chi connectivity index (χ4n) is 2.48. The lowest BCUT2D eigenvalue weighted by atomic mass is 9.83. The molecule has 2 heteroatoms. The number of nitrogens with zero attached hydrogens (tertiary/aromatic N) is 1. The van der Waals surface area contributed by atoms with Gasteiger partial charge in [-0.05, 0) is 30.5 Å². The summed E-state index contributed by atoms with van der Waals surface area (Å²) in [7, 11) is 4.14. The second-order valence-corrected chi connectivity index (χ2v) is 5.45. The van der Waals surface area contributed by atoms with Gasteiger partial charge in [0.2, 0.25) is 0 Å². The Morgan fingerprint density at radius 1 is 1.06 bits per heavy atom. The average molecular weight is 238 g/mol. The summed E-state index contributed by atoms with van der Waals surface area (Å²) in [5.74, 6) is 0.562. The predicted octanol–water partition coefficient (Wildman–Crippen LogP) is 4.02. The highest BCUT2D eigenvalue weighted by Crippen LogP contribution is 2.36. The lowest BCUT2D eigenvalue weighted by molar-refractivity contribution is 0.450. The highest BCUT2D eigenvalue weighted by atomic mass is 35.5. The molecule has 0 amide bonds. The van der Waals surface area contributed by atoms with E-state index in [1.165, 1.54) is 36.9 Å². The fraction of sp³-hybridized carbons (Fsp3) is 0.571. The lowest BCUT2D eigenvalue weighted by Gasteiger charge is -2.27. The van der Waals surface area contributed by atoms with Crippen molar-refractivity contribution in [2.45, 2.75) is 37.0 Å². The first-order valence-corrected chi connectivity index (χ1v) is 6.53. The van der Waals surface area contributed by atoms with Crippen molar-refractivity contribution in [3.05, 3.63) is 29.8 Å². The maximum Gasteiger partial charge on any atom is 0.0404 e. The molecular weight excluding hydrogens is 218 g/mol. The van der Waals surface area contributed by atoms with Gasteiger partial charge in [0.15, 0.2) is 0 Å². The van der Waals surface area contributed by atoms with Crippen molar-refractivity contribution in [3.63, 3.8) is 0 Å². The molecule has 0 aliphatic heterocycles. The van der Waals surface area contributed by atoms with E-state index in [9.17, 15) is 0 Å². The third kappa shape index (κ3) is 2.52. The lowest BCUT2D eigenvalue weighted by Crippen LogP contribution is -2.17. The molecule has 1 aliphatic carbocycles.